The molecule has 1 saturated heterocycles. The molecule has 1 aliphatic rings. The predicted octanol–water partition coefficient (Wildman–Crippen LogP) is 6.53. The second-order valence-electron chi connectivity index (χ2n) is 9.49. The van der Waals surface area contributed by atoms with Crippen LogP contribution < -0.4 is 4.74 Å². The van der Waals surface area contributed by atoms with Crippen molar-refractivity contribution in [2.45, 2.75) is 27.7 Å². The van der Waals surface area contributed by atoms with Crippen LogP contribution in [0.5, 0.6) is 5.75 Å². The summed E-state index contributed by atoms with van der Waals surface area (Å²) in [7, 11) is 0. The minimum Gasteiger partial charge on any atom is -0.493 e. The van der Waals surface area contributed by atoms with E-state index in [0.717, 1.165) is 77.3 Å². The Morgan fingerprint density at radius 1 is 1.03 bits per heavy atom. The number of carbonyl (C=O) groups is 1. The second-order valence-corrected chi connectivity index (χ2v) is 9.49. The highest BCUT2D eigenvalue weighted by molar-refractivity contribution is 6.02. The largest absolute Gasteiger partial charge is 0.493 e. The molecule has 0 N–H and O–H groups in total. The molecule has 1 aromatic heterocycles. The fourth-order valence-corrected chi connectivity index (χ4v) is 5.16. The molecule has 4 aromatic rings. The van der Waals surface area contributed by atoms with E-state index < -0.39 is 0 Å². The van der Waals surface area contributed by atoms with Gasteiger partial charge in [0.15, 0.2) is 0 Å². The standard InChI is InChI=1S/C31H34N2O3/c1-5-32-13-15-33(16-14-32)29(34)17-21(3)26-19-27-28(20-36-31(27)22(4)30(26)35-6-2)25-12-11-23-9-7-8-10-24(23)18-25/h7-12,17-20H,5-6,13-16H2,1-4H3/b21-17+. The summed E-state index contributed by atoms with van der Waals surface area (Å²) >= 11 is 0. The van der Waals surface area contributed by atoms with Gasteiger partial charge in [0, 0.05) is 54.3 Å². The first-order valence-corrected chi connectivity index (χ1v) is 12.9. The summed E-state index contributed by atoms with van der Waals surface area (Å²) in [6.07, 6.45) is 3.60. The highest BCUT2D eigenvalue weighted by Gasteiger charge is 2.22. The number of allylic oxidation sites excluding steroid dienone is 1. The number of fused-ring (bicyclic) bond motifs is 2. The molecule has 5 rings (SSSR count). The number of rotatable bonds is 6. The molecule has 186 valence electrons. The molecule has 0 unspecified atom stereocenters. The van der Waals surface area contributed by atoms with Crippen LogP contribution in [0.15, 0.2) is 65.3 Å². The van der Waals surface area contributed by atoms with Crippen molar-refractivity contribution < 1.29 is 13.9 Å². The Bertz CT molecular complexity index is 1440. The van der Waals surface area contributed by atoms with Crippen LogP contribution in [0.1, 0.15) is 31.9 Å². The molecule has 0 radical (unpaired) electrons. The number of piperazine rings is 1. The van der Waals surface area contributed by atoms with E-state index in [4.69, 9.17) is 9.15 Å². The first-order valence-electron chi connectivity index (χ1n) is 12.9. The number of carbonyl (C=O) groups excluding carboxylic acids is 1. The van der Waals surface area contributed by atoms with Crippen LogP contribution in [0, 0.1) is 6.92 Å². The summed E-state index contributed by atoms with van der Waals surface area (Å²) in [6.45, 7) is 13.1. The molecule has 0 atom stereocenters. The normalized spacial score (nSPS) is 15.1. The molecule has 36 heavy (non-hydrogen) atoms. The third-order valence-electron chi connectivity index (χ3n) is 7.29. The quantitative estimate of drug-likeness (QED) is 0.293. The molecule has 1 aliphatic heterocycles. The number of benzene rings is 3. The molecule has 5 heteroatoms. The van der Waals surface area contributed by atoms with E-state index >= 15 is 0 Å². The summed E-state index contributed by atoms with van der Waals surface area (Å²) in [5, 5.41) is 3.43. The highest BCUT2D eigenvalue weighted by atomic mass is 16.5. The van der Waals surface area contributed by atoms with Crippen molar-refractivity contribution in [3.63, 3.8) is 0 Å². The molecule has 0 spiro atoms. The lowest BCUT2D eigenvalue weighted by Crippen LogP contribution is -2.48. The van der Waals surface area contributed by atoms with Crippen molar-refractivity contribution in [2.24, 2.45) is 0 Å². The maximum absolute atomic E-state index is 13.1. The summed E-state index contributed by atoms with van der Waals surface area (Å²) in [5.41, 5.74) is 5.75. The molecular formula is C31H34N2O3. The Balaban J connectivity index is 1.56. The smallest absolute Gasteiger partial charge is 0.246 e. The second kappa shape index (κ2) is 10.2. The van der Waals surface area contributed by atoms with Crippen LogP contribution in [0.3, 0.4) is 0 Å². The summed E-state index contributed by atoms with van der Waals surface area (Å²) in [4.78, 5) is 17.4. The Morgan fingerprint density at radius 3 is 2.50 bits per heavy atom. The first-order chi connectivity index (χ1) is 17.5. The van der Waals surface area contributed by atoms with E-state index in [1.54, 1.807) is 6.08 Å². The van der Waals surface area contributed by atoms with Gasteiger partial charge in [-0.3, -0.25) is 4.79 Å². The Labute approximate surface area is 212 Å². The Hall–Kier alpha value is -3.57. The lowest BCUT2D eigenvalue weighted by Gasteiger charge is -2.33. The monoisotopic (exact) mass is 482 g/mol. The van der Waals surface area contributed by atoms with Gasteiger partial charge in [-0.2, -0.15) is 0 Å². The number of aryl methyl sites for hydroxylation is 1. The van der Waals surface area contributed by atoms with Crippen molar-refractivity contribution in [2.75, 3.05) is 39.3 Å². The number of hydrogen-bond donors (Lipinski definition) is 0. The van der Waals surface area contributed by atoms with Gasteiger partial charge in [-0.25, -0.2) is 0 Å². The SMILES string of the molecule is CCOc1c(/C(C)=C/C(=O)N2CCN(CC)CC2)cc2c(-c3ccc4ccccc4c3)coc2c1C. The van der Waals surface area contributed by atoms with E-state index in [9.17, 15) is 4.79 Å². The number of hydrogen-bond acceptors (Lipinski definition) is 4. The summed E-state index contributed by atoms with van der Waals surface area (Å²) in [6, 6.07) is 17.0. The first kappa shape index (κ1) is 24.1. The molecule has 3 aromatic carbocycles. The van der Waals surface area contributed by atoms with Gasteiger partial charge in [0.25, 0.3) is 0 Å². The topological polar surface area (TPSA) is 45.9 Å². The van der Waals surface area contributed by atoms with Gasteiger partial charge in [-0.15, -0.1) is 0 Å². The van der Waals surface area contributed by atoms with Gasteiger partial charge in [0.05, 0.1) is 12.9 Å². The average molecular weight is 483 g/mol. The zero-order chi connectivity index (χ0) is 25.2. The van der Waals surface area contributed by atoms with Crippen molar-refractivity contribution >= 4 is 33.2 Å². The molecule has 0 aliphatic carbocycles. The molecule has 1 amide bonds. The molecule has 0 bridgehead atoms. The minimum atomic E-state index is 0.0606. The predicted molar refractivity (Wildman–Crippen MR) is 147 cm³/mol. The van der Waals surface area contributed by atoms with Gasteiger partial charge >= 0.3 is 0 Å². The number of furan rings is 1. The number of likely N-dealkylation sites (N-methyl/N-ethyl adjacent to an activating group) is 1. The molecule has 2 heterocycles. The molecule has 5 nitrogen and oxygen atoms in total. The van der Waals surface area contributed by atoms with Gasteiger partial charge < -0.3 is 19.0 Å². The van der Waals surface area contributed by atoms with Crippen molar-refractivity contribution in [1.29, 1.82) is 0 Å². The lowest BCUT2D eigenvalue weighted by atomic mass is 9.95. The van der Waals surface area contributed by atoms with E-state index in [1.165, 1.54) is 10.8 Å². The maximum Gasteiger partial charge on any atom is 0.246 e. The van der Waals surface area contributed by atoms with Gasteiger partial charge in [-0.1, -0.05) is 43.3 Å². The molecule has 0 saturated carbocycles. The van der Waals surface area contributed by atoms with Crippen LogP contribution >= 0.6 is 0 Å². The lowest BCUT2D eigenvalue weighted by molar-refractivity contribution is -0.127. The average Bonchev–Trinajstić information content (AvgIpc) is 3.34. The third-order valence-corrected chi connectivity index (χ3v) is 7.29. The number of amides is 1. The van der Waals surface area contributed by atoms with Crippen molar-refractivity contribution in [3.8, 4) is 16.9 Å². The van der Waals surface area contributed by atoms with Crippen LogP contribution in [0.2, 0.25) is 0 Å². The zero-order valence-electron chi connectivity index (χ0n) is 21.6. The van der Waals surface area contributed by atoms with Crippen LogP contribution in [0.25, 0.3) is 38.4 Å². The van der Waals surface area contributed by atoms with Crippen LogP contribution in [0.4, 0.5) is 0 Å². The maximum atomic E-state index is 13.1. The van der Waals surface area contributed by atoms with Crippen molar-refractivity contribution in [1.82, 2.24) is 9.80 Å². The van der Waals surface area contributed by atoms with Gasteiger partial charge in [0.1, 0.15) is 11.3 Å². The third kappa shape index (κ3) is 4.51. The number of ether oxygens (including phenoxy) is 1. The minimum absolute atomic E-state index is 0.0606. The van der Waals surface area contributed by atoms with E-state index in [0.29, 0.717) is 6.61 Å². The Morgan fingerprint density at radius 2 is 1.78 bits per heavy atom. The summed E-state index contributed by atoms with van der Waals surface area (Å²) in [5.74, 6) is 0.840. The van der Waals surface area contributed by atoms with Crippen LogP contribution in [-0.2, 0) is 4.79 Å². The molecular weight excluding hydrogens is 448 g/mol. The van der Waals surface area contributed by atoms with E-state index in [1.807, 2.05) is 31.9 Å². The molecule has 1 fully saturated rings. The van der Waals surface area contributed by atoms with Gasteiger partial charge in [-0.05, 0) is 61.4 Å². The fourth-order valence-electron chi connectivity index (χ4n) is 5.16. The van der Waals surface area contributed by atoms with Crippen molar-refractivity contribution in [3.05, 3.63) is 72.0 Å². The van der Waals surface area contributed by atoms with Crippen LogP contribution in [-0.4, -0.2) is 55.0 Å². The summed E-state index contributed by atoms with van der Waals surface area (Å²) < 4.78 is 12.2. The van der Waals surface area contributed by atoms with E-state index in [2.05, 4.69) is 60.4 Å². The number of nitrogens with zero attached hydrogens (tertiary/aromatic N) is 2. The Kier molecular flexibility index (Phi) is 6.84. The zero-order valence-corrected chi connectivity index (χ0v) is 21.6. The van der Waals surface area contributed by atoms with E-state index in [-0.39, 0.29) is 5.91 Å². The highest BCUT2D eigenvalue weighted by Crippen LogP contribution is 2.41. The fraction of sp³-hybridized carbons (Fsp3) is 0.323. The van der Waals surface area contributed by atoms with Gasteiger partial charge in [0.2, 0.25) is 5.91 Å².